The van der Waals surface area contributed by atoms with Crippen LogP contribution in [0.1, 0.15) is 31.4 Å². The van der Waals surface area contributed by atoms with Crippen molar-refractivity contribution in [2.45, 2.75) is 38.1 Å². The Morgan fingerprint density at radius 2 is 1.92 bits per heavy atom. The van der Waals surface area contributed by atoms with E-state index in [1.165, 1.54) is 0 Å². The van der Waals surface area contributed by atoms with Crippen LogP contribution in [0.15, 0.2) is 28.8 Å². The number of para-hydroxylation sites is 1. The molecule has 1 N–H and O–H groups in total. The molecular formula is C18H21N3O3. The van der Waals surface area contributed by atoms with Crippen LogP contribution >= 0.6 is 0 Å². The molecule has 2 aromatic rings. The van der Waals surface area contributed by atoms with Gasteiger partial charge >= 0.3 is 0 Å². The lowest BCUT2D eigenvalue weighted by Gasteiger charge is -2.32. The molecule has 0 atom stereocenters. The smallest absolute Gasteiger partial charge is 0.228 e. The minimum absolute atomic E-state index is 0.0704. The summed E-state index contributed by atoms with van der Waals surface area (Å²) >= 11 is 0. The number of carbonyl (C=O) groups excluding carboxylic acids is 2. The van der Waals surface area contributed by atoms with E-state index in [4.69, 9.17) is 4.52 Å². The van der Waals surface area contributed by atoms with Gasteiger partial charge in [0, 0.05) is 30.4 Å². The average Bonchev–Trinajstić information content (AvgIpc) is 3.38. The molecule has 6 heteroatoms. The number of piperidine rings is 1. The topological polar surface area (TPSA) is 75.4 Å². The fourth-order valence-electron chi connectivity index (χ4n) is 3.26. The van der Waals surface area contributed by atoms with Crippen molar-refractivity contribution in [2.24, 2.45) is 5.92 Å². The van der Waals surface area contributed by atoms with Crippen LogP contribution in [-0.2, 0) is 16.0 Å². The van der Waals surface area contributed by atoms with E-state index in [9.17, 15) is 9.59 Å². The molecule has 0 unspecified atom stereocenters. The second kappa shape index (κ2) is 6.26. The lowest BCUT2D eigenvalue weighted by atomic mass is 10.0. The Hall–Kier alpha value is -2.37. The minimum atomic E-state index is 0.0704. The predicted octanol–water partition coefficient (Wildman–Crippen LogP) is 1.89. The molecule has 0 bridgehead atoms. The second-order valence-electron chi connectivity index (χ2n) is 6.74. The third kappa shape index (κ3) is 3.13. The van der Waals surface area contributed by atoms with Crippen LogP contribution in [0.25, 0.3) is 11.0 Å². The molecule has 1 aromatic carbocycles. The number of nitrogens with one attached hydrogen (secondary N) is 1. The zero-order valence-corrected chi connectivity index (χ0v) is 13.5. The fourth-order valence-corrected chi connectivity index (χ4v) is 3.26. The van der Waals surface area contributed by atoms with Crippen molar-refractivity contribution in [1.29, 1.82) is 0 Å². The number of aromatic nitrogens is 1. The zero-order chi connectivity index (χ0) is 16.5. The van der Waals surface area contributed by atoms with Gasteiger partial charge in [0.2, 0.25) is 11.8 Å². The van der Waals surface area contributed by atoms with Crippen molar-refractivity contribution >= 4 is 22.8 Å². The summed E-state index contributed by atoms with van der Waals surface area (Å²) in [7, 11) is 0. The van der Waals surface area contributed by atoms with E-state index >= 15 is 0 Å². The van der Waals surface area contributed by atoms with E-state index in [1.54, 1.807) is 0 Å². The summed E-state index contributed by atoms with van der Waals surface area (Å²) in [6, 6.07) is 7.79. The van der Waals surface area contributed by atoms with Gasteiger partial charge in [0.05, 0.1) is 6.42 Å². The Kier molecular flexibility index (Phi) is 3.96. The normalized spacial score (nSPS) is 18.8. The molecule has 1 aliphatic carbocycles. The van der Waals surface area contributed by atoms with Crippen LogP contribution in [0, 0.1) is 5.92 Å². The van der Waals surface area contributed by atoms with Gasteiger partial charge in [0.15, 0.2) is 5.58 Å². The number of rotatable bonds is 4. The molecule has 2 aliphatic rings. The number of carbonyl (C=O) groups is 2. The van der Waals surface area contributed by atoms with Crippen LogP contribution in [0.4, 0.5) is 0 Å². The third-order valence-electron chi connectivity index (χ3n) is 4.91. The lowest BCUT2D eigenvalue weighted by molar-refractivity contribution is -0.131. The summed E-state index contributed by atoms with van der Waals surface area (Å²) in [6.07, 6.45) is 3.95. The van der Waals surface area contributed by atoms with E-state index in [0.29, 0.717) is 24.4 Å². The molecule has 4 rings (SSSR count). The van der Waals surface area contributed by atoms with Crippen LogP contribution in [0.3, 0.4) is 0 Å². The molecule has 1 saturated carbocycles. The van der Waals surface area contributed by atoms with Gasteiger partial charge in [0.1, 0.15) is 5.69 Å². The Bertz CT molecular complexity index is 758. The van der Waals surface area contributed by atoms with E-state index in [2.05, 4.69) is 10.5 Å². The molecule has 1 aliphatic heterocycles. The van der Waals surface area contributed by atoms with Crippen molar-refractivity contribution in [2.75, 3.05) is 13.1 Å². The summed E-state index contributed by atoms with van der Waals surface area (Å²) < 4.78 is 5.26. The SMILES string of the molecule is O=C(NC1CCN(C(=O)Cc2noc3ccccc23)CC1)C1CC1. The maximum atomic E-state index is 12.5. The Balaban J connectivity index is 1.32. The summed E-state index contributed by atoms with van der Waals surface area (Å²) in [5, 5.41) is 8.04. The quantitative estimate of drug-likeness (QED) is 0.930. The van der Waals surface area contributed by atoms with Crippen LogP contribution in [-0.4, -0.2) is 41.0 Å². The number of likely N-dealkylation sites (tertiary alicyclic amines) is 1. The molecule has 2 fully saturated rings. The number of amides is 2. The highest BCUT2D eigenvalue weighted by atomic mass is 16.5. The molecule has 6 nitrogen and oxygen atoms in total. The van der Waals surface area contributed by atoms with Gasteiger partial charge in [-0.15, -0.1) is 0 Å². The first kappa shape index (κ1) is 15.2. The van der Waals surface area contributed by atoms with Gasteiger partial charge in [-0.3, -0.25) is 9.59 Å². The molecule has 24 heavy (non-hydrogen) atoms. The summed E-state index contributed by atoms with van der Waals surface area (Å²) in [6.45, 7) is 1.37. The van der Waals surface area contributed by atoms with Gasteiger partial charge in [0.25, 0.3) is 0 Å². The first-order valence-corrected chi connectivity index (χ1v) is 8.62. The Morgan fingerprint density at radius 1 is 1.17 bits per heavy atom. The number of nitrogens with zero attached hydrogens (tertiary/aromatic N) is 2. The number of fused-ring (bicyclic) bond motifs is 1. The van der Waals surface area contributed by atoms with E-state index in [-0.39, 0.29) is 30.2 Å². The van der Waals surface area contributed by atoms with E-state index in [0.717, 1.165) is 31.1 Å². The van der Waals surface area contributed by atoms with E-state index in [1.807, 2.05) is 29.2 Å². The molecular weight excluding hydrogens is 306 g/mol. The molecule has 2 heterocycles. The van der Waals surface area contributed by atoms with Crippen molar-refractivity contribution in [3.63, 3.8) is 0 Å². The highest BCUT2D eigenvalue weighted by Crippen LogP contribution is 2.29. The largest absolute Gasteiger partial charge is 0.356 e. The van der Waals surface area contributed by atoms with Gasteiger partial charge in [-0.1, -0.05) is 17.3 Å². The van der Waals surface area contributed by atoms with Crippen molar-refractivity contribution in [1.82, 2.24) is 15.4 Å². The fraction of sp³-hybridized carbons (Fsp3) is 0.500. The molecule has 0 radical (unpaired) electrons. The average molecular weight is 327 g/mol. The highest BCUT2D eigenvalue weighted by Gasteiger charge is 2.32. The van der Waals surface area contributed by atoms with E-state index < -0.39 is 0 Å². The second-order valence-corrected chi connectivity index (χ2v) is 6.74. The Labute approximate surface area is 140 Å². The summed E-state index contributed by atoms with van der Waals surface area (Å²) in [5.74, 6) is 0.500. The summed E-state index contributed by atoms with van der Waals surface area (Å²) in [5.41, 5.74) is 1.40. The molecule has 126 valence electrons. The molecule has 0 spiro atoms. The first-order chi connectivity index (χ1) is 11.7. The van der Waals surface area contributed by atoms with Crippen LogP contribution in [0.5, 0.6) is 0 Å². The van der Waals surface area contributed by atoms with Gasteiger partial charge in [-0.2, -0.15) is 0 Å². The number of benzene rings is 1. The van der Waals surface area contributed by atoms with Crippen LogP contribution in [0.2, 0.25) is 0 Å². The van der Waals surface area contributed by atoms with Crippen molar-refractivity contribution < 1.29 is 14.1 Å². The molecule has 2 amide bonds. The van der Waals surface area contributed by atoms with Gasteiger partial charge in [-0.05, 0) is 37.8 Å². The standard InChI is InChI=1S/C18H21N3O3/c22-17(11-15-14-3-1-2-4-16(14)24-20-15)21-9-7-13(8-10-21)19-18(23)12-5-6-12/h1-4,12-13H,5-11H2,(H,19,23). The minimum Gasteiger partial charge on any atom is -0.356 e. The summed E-state index contributed by atoms with van der Waals surface area (Å²) in [4.78, 5) is 26.2. The maximum Gasteiger partial charge on any atom is 0.228 e. The predicted molar refractivity (Wildman–Crippen MR) is 88.2 cm³/mol. The van der Waals surface area contributed by atoms with Crippen LogP contribution < -0.4 is 5.32 Å². The Morgan fingerprint density at radius 3 is 2.67 bits per heavy atom. The number of hydrogen-bond acceptors (Lipinski definition) is 4. The van der Waals surface area contributed by atoms with Crippen molar-refractivity contribution in [3.05, 3.63) is 30.0 Å². The first-order valence-electron chi connectivity index (χ1n) is 8.62. The number of hydrogen-bond donors (Lipinski definition) is 1. The van der Waals surface area contributed by atoms with Crippen molar-refractivity contribution in [3.8, 4) is 0 Å². The molecule has 1 saturated heterocycles. The monoisotopic (exact) mass is 327 g/mol. The van der Waals surface area contributed by atoms with Gasteiger partial charge < -0.3 is 14.7 Å². The third-order valence-corrected chi connectivity index (χ3v) is 4.91. The maximum absolute atomic E-state index is 12.5. The highest BCUT2D eigenvalue weighted by molar-refractivity contribution is 5.86. The molecule has 1 aromatic heterocycles. The van der Waals surface area contributed by atoms with Gasteiger partial charge in [-0.25, -0.2) is 0 Å². The zero-order valence-electron chi connectivity index (χ0n) is 13.5. The lowest BCUT2D eigenvalue weighted by Crippen LogP contribution is -2.47.